The molecule has 106 valence electrons. The first-order chi connectivity index (χ1) is 9.19. The van der Waals surface area contributed by atoms with Crippen molar-refractivity contribution in [1.82, 2.24) is 0 Å². The third-order valence-corrected chi connectivity index (χ3v) is 5.21. The normalized spacial score (nSPS) is 20.7. The van der Waals surface area contributed by atoms with Gasteiger partial charge < -0.3 is 10.5 Å². The fraction of sp³-hybridized carbons (Fsp3) is 0.600. The van der Waals surface area contributed by atoms with Gasteiger partial charge in [0.2, 0.25) is 0 Å². The number of halogens is 1. The molecule has 19 heavy (non-hydrogen) atoms. The van der Waals surface area contributed by atoms with E-state index in [0.29, 0.717) is 6.10 Å². The van der Waals surface area contributed by atoms with Crippen LogP contribution in [0.3, 0.4) is 0 Å². The van der Waals surface area contributed by atoms with E-state index >= 15 is 0 Å². The molecule has 1 saturated heterocycles. The van der Waals surface area contributed by atoms with E-state index in [9.17, 15) is 0 Å². The third-order valence-electron chi connectivity index (χ3n) is 3.48. The van der Waals surface area contributed by atoms with E-state index in [2.05, 4.69) is 41.1 Å². The van der Waals surface area contributed by atoms with Gasteiger partial charge in [-0.15, -0.1) is 11.8 Å². The Bertz CT molecular complexity index is 407. The number of hydrogen-bond donors (Lipinski definition) is 1. The second kappa shape index (κ2) is 7.67. The molecule has 1 aliphatic heterocycles. The molecule has 0 spiro atoms. The summed E-state index contributed by atoms with van der Waals surface area (Å²) in [7, 11) is 0. The Kier molecular flexibility index (Phi) is 6.20. The van der Waals surface area contributed by atoms with E-state index in [1.807, 2.05) is 11.8 Å². The minimum Gasteiger partial charge on any atom is -0.377 e. The summed E-state index contributed by atoms with van der Waals surface area (Å²) in [6.07, 6.45) is 4.81. The summed E-state index contributed by atoms with van der Waals surface area (Å²) in [6, 6.07) is 6.76. The summed E-state index contributed by atoms with van der Waals surface area (Å²) < 4.78 is 6.83. The Hall–Kier alpha value is -0.0300. The maximum atomic E-state index is 6.08. The van der Waals surface area contributed by atoms with Gasteiger partial charge in [0, 0.05) is 27.8 Å². The highest BCUT2D eigenvalue weighted by Crippen LogP contribution is 2.30. The standard InChI is InChI=1S/C15H22BrNOS/c1-2-13(17)8-11-5-6-12(16)9-15(11)19-10-14-4-3-7-18-14/h5-6,9,13-14H,2-4,7-8,10,17H2,1H3. The van der Waals surface area contributed by atoms with Gasteiger partial charge in [-0.25, -0.2) is 0 Å². The van der Waals surface area contributed by atoms with Crippen LogP contribution in [0.1, 0.15) is 31.7 Å². The predicted molar refractivity (Wildman–Crippen MR) is 85.8 cm³/mol. The predicted octanol–water partition coefficient (Wildman–Crippen LogP) is 4.00. The average molecular weight is 344 g/mol. The Morgan fingerprint density at radius 1 is 1.53 bits per heavy atom. The maximum Gasteiger partial charge on any atom is 0.0669 e. The Morgan fingerprint density at radius 3 is 3.05 bits per heavy atom. The lowest BCUT2D eigenvalue weighted by Crippen LogP contribution is -2.21. The van der Waals surface area contributed by atoms with E-state index in [-0.39, 0.29) is 6.04 Å². The molecule has 1 aliphatic rings. The Morgan fingerprint density at radius 2 is 2.37 bits per heavy atom. The van der Waals surface area contributed by atoms with Gasteiger partial charge in [-0.05, 0) is 43.4 Å². The van der Waals surface area contributed by atoms with Crippen LogP contribution < -0.4 is 5.73 Å². The highest BCUT2D eigenvalue weighted by molar-refractivity contribution is 9.10. The summed E-state index contributed by atoms with van der Waals surface area (Å²) in [5.74, 6) is 1.05. The molecule has 4 heteroatoms. The van der Waals surface area contributed by atoms with Crippen molar-refractivity contribution < 1.29 is 4.74 Å². The minimum absolute atomic E-state index is 0.253. The number of thioether (sulfide) groups is 1. The lowest BCUT2D eigenvalue weighted by atomic mass is 10.1. The first-order valence-corrected chi connectivity index (χ1v) is 8.75. The van der Waals surface area contributed by atoms with Gasteiger partial charge in [0.25, 0.3) is 0 Å². The van der Waals surface area contributed by atoms with Crippen molar-refractivity contribution >= 4 is 27.7 Å². The van der Waals surface area contributed by atoms with Crippen molar-refractivity contribution in [3.63, 3.8) is 0 Å². The van der Waals surface area contributed by atoms with Crippen molar-refractivity contribution in [3.05, 3.63) is 28.2 Å². The SMILES string of the molecule is CCC(N)Cc1ccc(Br)cc1SCC1CCCO1. The van der Waals surface area contributed by atoms with Crippen LogP contribution in [-0.2, 0) is 11.2 Å². The molecule has 1 aromatic carbocycles. The van der Waals surface area contributed by atoms with Crippen molar-refractivity contribution in [3.8, 4) is 0 Å². The second-order valence-electron chi connectivity index (χ2n) is 5.07. The summed E-state index contributed by atoms with van der Waals surface area (Å²) in [4.78, 5) is 1.34. The van der Waals surface area contributed by atoms with Gasteiger partial charge in [0.05, 0.1) is 6.10 Å². The molecule has 2 nitrogen and oxygen atoms in total. The molecule has 1 fully saturated rings. The molecule has 1 aromatic rings. The molecular formula is C15H22BrNOS. The number of hydrogen-bond acceptors (Lipinski definition) is 3. The lowest BCUT2D eigenvalue weighted by Gasteiger charge is -2.15. The maximum absolute atomic E-state index is 6.08. The number of benzene rings is 1. The van der Waals surface area contributed by atoms with Gasteiger partial charge in [-0.1, -0.05) is 28.9 Å². The molecule has 2 rings (SSSR count). The smallest absolute Gasteiger partial charge is 0.0669 e. The fourth-order valence-electron chi connectivity index (χ4n) is 2.22. The molecular weight excluding hydrogens is 322 g/mol. The molecule has 0 saturated carbocycles. The topological polar surface area (TPSA) is 35.2 Å². The molecule has 1 heterocycles. The highest BCUT2D eigenvalue weighted by Gasteiger charge is 2.17. The average Bonchev–Trinajstić information content (AvgIpc) is 2.92. The first-order valence-electron chi connectivity index (χ1n) is 6.97. The van der Waals surface area contributed by atoms with Crippen LogP contribution in [-0.4, -0.2) is 24.5 Å². The van der Waals surface area contributed by atoms with E-state index in [1.54, 1.807) is 0 Å². The van der Waals surface area contributed by atoms with Crippen LogP contribution in [0, 0.1) is 0 Å². The second-order valence-corrected chi connectivity index (χ2v) is 7.05. The van der Waals surface area contributed by atoms with Gasteiger partial charge in [0.15, 0.2) is 0 Å². The van der Waals surface area contributed by atoms with Gasteiger partial charge in [-0.3, -0.25) is 0 Å². The fourth-order valence-corrected chi connectivity index (χ4v) is 3.90. The lowest BCUT2D eigenvalue weighted by molar-refractivity contribution is 0.129. The van der Waals surface area contributed by atoms with E-state index < -0.39 is 0 Å². The summed E-state index contributed by atoms with van der Waals surface area (Å²) in [5.41, 5.74) is 7.45. The minimum atomic E-state index is 0.253. The molecule has 2 atom stereocenters. The number of rotatable bonds is 6. The van der Waals surface area contributed by atoms with Crippen molar-refractivity contribution in [1.29, 1.82) is 0 Å². The van der Waals surface area contributed by atoms with Crippen molar-refractivity contribution in [2.45, 2.75) is 49.6 Å². The number of nitrogens with two attached hydrogens (primary N) is 1. The third kappa shape index (κ3) is 4.78. The summed E-state index contributed by atoms with van der Waals surface area (Å²) in [6.45, 7) is 3.07. The monoisotopic (exact) mass is 343 g/mol. The molecule has 0 bridgehead atoms. The number of ether oxygens (including phenoxy) is 1. The van der Waals surface area contributed by atoms with Gasteiger partial charge >= 0.3 is 0 Å². The molecule has 2 unspecified atom stereocenters. The quantitative estimate of drug-likeness (QED) is 0.793. The van der Waals surface area contributed by atoms with E-state index in [4.69, 9.17) is 10.5 Å². The molecule has 0 aromatic heterocycles. The zero-order valence-electron chi connectivity index (χ0n) is 11.4. The molecule has 2 N–H and O–H groups in total. The van der Waals surface area contributed by atoms with E-state index in [1.165, 1.54) is 23.3 Å². The van der Waals surface area contributed by atoms with Gasteiger partial charge in [-0.2, -0.15) is 0 Å². The molecule has 0 radical (unpaired) electrons. The highest BCUT2D eigenvalue weighted by atomic mass is 79.9. The first kappa shape index (κ1) is 15.4. The van der Waals surface area contributed by atoms with Crippen LogP contribution in [0.25, 0.3) is 0 Å². The van der Waals surface area contributed by atoms with Crippen molar-refractivity contribution in [2.24, 2.45) is 5.73 Å². The Labute approximate surface area is 128 Å². The Balaban J connectivity index is 2.01. The largest absolute Gasteiger partial charge is 0.377 e. The van der Waals surface area contributed by atoms with Crippen LogP contribution in [0.5, 0.6) is 0 Å². The van der Waals surface area contributed by atoms with E-state index in [0.717, 1.165) is 29.7 Å². The summed E-state index contributed by atoms with van der Waals surface area (Å²) >= 11 is 5.46. The summed E-state index contributed by atoms with van der Waals surface area (Å²) in [5, 5.41) is 0. The van der Waals surface area contributed by atoms with Crippen molar-refractivity contribution in [2.75, 3.05) is 12.4 Å². The molecule has 0 aliphatic carbocycles. The zero-order chi connectivity index (χ0) is 13.7. The van der Waals surface area contributed by atoms with Gasteiger partial charge in [0.1, 0.15) is 0 Å². The molecule has 0 amide bonds. The van der Waals surface area contributed by atoms with Crippen LogP contribution in [0.2, 0.25) is 0 Å². The zero-order valence-corrected chi connectivity index (χ0v) is 13.8. The van der Waals surface area contributed by atoms with Crippen LogP contribution >= 0.6 is 27.7 Å². The van der Waals surface area contributed by atoms with Crippen LogP contribution in [0.15, 0.2) is 27.6 Å². The van der Waals surface area contributed by atoms with Crippen LogP contribution in [0.4, 0.5) is 0 Å².